The topological polar surface area (TPSA) is 0 Å². The van der Waals surface area contributed by atoms with Gasteiger partial charge in [0.05, 0.1) is 0 Å². The van der Waals surface area contributed by atoms with Gasteiger partial charge in [-0.2, -0.15) is 0 Å². The van der Waals surface area contributed by atoms with E-state index in [1.807, 2.05) is 0 Å². The third-order valence-electron chi connectivity index (χ3n) is 8.66. The lowest BCUT2D eigenvalue weighted by molar-refractivity contribution is 1.82. The van der Waals surface area contributed by atoms with Gasteiger partial charge in [-0.25, -0.2) is 0 Å². The maximum absolute atomic E-state index is 3.83. The third kappa shape index (κ3) is 3.64. The molecule has 0 nitrogen and oxygen atoms in total. The van der Waals surface area contributed by atoms with Crippen molar-refractivity contribution in [1.29, 1.82) is 0 Å². The average Bonchev–Trinajstić information content (AvgIpc) is 2.76. The second-order valence-electron chi connectivity index (χ2n) is 9.94. The van der Waals surface area contributed by atoms with Crippen LogP contribution in [0.3, 0.4) is 0 Å². The van der Waals surface area contributed by atoms with Gasteiger partial charge in [-0.05, 0) is 22.3 Å². The van der Waals surface area contributed by atoms with Crippen molar-refractivity contribution in [3.8, 4) is 22.3 Å². The fourth-order valence-electron chi connectivity index (χ4n) is 5.58. The summed E-state index contributed by atoms with van der Waals surface area (Å²) in [6, 6.07) is 0. The van der Waals surface area contributed by atoms with E-state index in [2.05, 4.69) is 118 Å². The summed E-state index contributed by atoms with van der Waals surface area (Å²) in [7, 11) is 29.7. The Bertz CT molecular complexity index is 1130. The van der Waals surface area contributed by atoms with E-state index >= 15 is 0 Å². The first kappa shape index (κ1) is 25.6. The summed E-state index contributed by atoms with van der Waals surface area (Å²) in [4.78, 5) is 0. The molecule has 0 spiro atoms. The predicted octanol–water partition coefficient (Wildman–Crippen LogP) is -16.9. The van der Waals surface area contributed by atoms with Crippen LogP contribution < -0.4 is 71.0 Å². The van der Waals surface area contributed by atoms with Crippen molar-refractivity contribution in [2.45, 2.75) is 0 Å². The van der Waals surface area contributed by atoms with Crippen molar-refractivity contribution in [3.05, 3.63) is 4.47 Å². The molecule has 32 heavy (non-hydrogen) atoms. The van der Waals surface area contributed by atoms with Gasteiger partial charge in [-0.3, -0.25) is 0 Å². The Morgan fingerprint density at radius 2 is 0.406 bits per heavy atom. The smallest absolute Gasteiger partial charge is 0.102 e. The molecular formula is C18H26B13Br. The molecule has 0 aliphatic carbocycles. The largest absolute Gasteiger partial charge is 0.140 e. The van der Waals surface area contributed by atoms with E-state index in [4.69, 9.17) is 0 Å². The first-order chi connectivity index (χ1) is 14.7. The second kappa shape index (κ2) is 8.97. The summed E-state index contributed by atoms with van der Waals surface area (Å²) in [6.45, 7) is 0. The number of halogens is 1. The quantitative estimate of drug-likeness (QED) is 0.332. The Morgan fingerprint density at radius 1 is 0.250 bits per heavy atom. The zero-order chi connectivity index (χ0) is 24.4. The molecule has 0 aromatic heterocycles. The molecule has 14 heteroatoms. The lowest BCUT2D eigenvalue weighted by Crippen LogP contribution is -2.57. The summed E-state index contributed by atoms with van der Waals surface area (Å²) in [6.07, 6.45) is 0. The van der Waals surface area contributed by atoms with Gasteiger partial charge in [-0.15, -0.1) is 16.4 Å². The van der Waals surface area contributed by atoms with Crippen molar-refractivity contribution < 1.29 is 0 Å². The number of hydrogen-bond acceptors (Lipinski definition) is 0. The minimum Gasteiger partial charge on any atom is -0.102 e. The van der Waals surface area contributed by atoms with E-state index in [0.29, 0.717) is 0 Å². The van der Waals surface area contributed by atoms with Crippen LogP contribution in [0, 0.1) is 0 Å². The minimum atomic E-state index is 1.24. The van der Waals surface area contributed by atoms with E-state index in [-0.39, 0.29) is 0 Å². The van der Waals surface area contributed by atoms with Gasteiger partial charge in [-0.1, -0.05) is 70.6 Å². The van der Waals surface area contributed by atoms with Gasteiger partial charge < -0.3 is 0 Å². The van der Waals surface area contributed by atoms with Crippen molar-refractivity contribution in [3.63, 3.8) is 0 Å². The molecule has 0 heterocycles. The molecule has 0 saturated heterocycles. The van der Waals surface area contributed by atoms with Crippen LogP contribution in [-0.4, -0.2) is 102 Å². The summed E-state index contributed by atoms with van der Waals surface area (Å²) in [5.74, 6) is 0. The van der Waals surface area contributed by atoms with E-state index in [1.54, 1.807) is 0 Å². The molecule has 0 aliphatic heterocycles. The Morgan fingerprint density at radius 3 is 0.656 bits per heavy atom. The van der Waals surface area contributed by atoms with Crippen LogP contribution >= 0.6 is 15.9 Å². The Labute approximate surface area is 214 Å². The fraction of sp³-hybridized carbons (Fsp3) is 0. The summed E-state index contributed by atoms with van der Waals surface area (Å²) >= 11 is 3.83. The van der Waals surface area contributed by atoms with Gasteiger partial charge >= 0.3 is 0 Å². The maximum Gasteiger partial charge on any atom is 0.140 e. The first-order valence-corrected chi connectivity index (χ1v) is 12.5. The van der Waals surface area contributed by atoms with Gasteiger partial charge in [0.2, 0.25) is 0 Å². The van der Waals surface area contributed by atoms with Crippen LogP contribution in [0.15, 0.2) is 4.47 Å². The molecule has 3 aromatic carbocycles. The molecule has 3 aromatic rings. The highest BCUT2D eigenvalue weighted by atomic mass is 79.9. The molecule has 0 N–H and O–H groups in total. The minimum absolute atomic E-state index is 1.24. The number of hydrogen-bond donors (Lipinski definition) is 0. The van der Waals surface area contributed by atoms with Crippen molar-refractivity contribution in [2.24, 2.45) is 0 Å². The zero-order valence-corrected chi connectivity index (χ0v) is 24.0. The molecule has 144 valence electrons. The van der Waals surface area contributed by atoms with E-state index < -0.39 is 0 Å². The van der Waals surface area contributed by atoms with Crippen LogP contribution in [0.2, 0.25) is 0 Å². The number of benzene rings is 3. The second-order valence-corrected chi connectivity index (χ2v) is 10.7. The molecule has 0 unspecified atom stereocenters. The average molecular weight is 463 g/mol. The Balaban J connectivity index is 2.50. The van der Waals surface area contributed by atoms with Crippen molar-refractivity contribution in [1.82, 2.24) is 0 Å². The Hall–Kier alpha value is -1.02. The van der Waals surface area contributed by atoms with Crippen LogP contribution in [0.1, 0.15) is 0 Å². The SMILES string of the molecule is Bc1c(B)c(B)c(-c2c(B)c(B)c(-c3c(B)c(B)c(Br)c(B)c3B)c(B)c2B)c(B)c1B. The van der Waals surface area contributed by atoms with E-state index in [1.165, 1.54) is 97.7 Å². The van der Waals surface area contributed by atoms with Gasteiger partial charge in [0.15, 0.2) is 0 Å². The van der Waals surface area contributed by atoms with Crippen LogP contribution in [-0.2, 0) is 0 Å². The van der Waals surface area contributed by atoms with Gasteiger partial charge in [0.1, 0.15) is 102 Å². The highest BCUT2D eigenvalue weighted by molar-refractivity contribution is 9.10. The molecule has 0 radical (unpaired) electrons. The summed E-state index contributed by atoms with van der Waals surface area (Å²) in [5.41, 5.74) is 23.9. The zero-order valence-electron chi connectivity index (χ0n) is 22.4. The number of rotatable bonds is 2. The Kier molecular flexibility index (Phi) is 7.18. The summed E-state index contributed by atoms with van der Waals surface area (Å²) < 4.78 is 1.24. The molecule has 0 bridgehead atoms. The monoisotopic (exact) mass is 464 g/mol. The van der Waals surface area contributed by atoms with E-state index in [0.717, 1.165) is 0 Å². The summed E-state index contributed by atoms with van der Waals surface area (Å²) in [5, 5.41) is 0. The van der Waals surface area contributed by atoms with Crippen LogP contribution in [0.4, 0.5) is 0 Å². The highest BCUT2D eigenvalue weighted by Crippen LogP contribution is 2.14. The predicted molar refractivity (Wildman–Crippen MR) is 191 cm³/mol. The van der Waals surface area contributed by atoms with Crippen LogP contribution in [0.25, 0.3) is 22.3 Å². The molecule has 3 rings (SSSR count). The highest BCUT2D eigenvalue weighted by Gasteiger charge is 2.23. The first-order valence-electron chi connectivity index (χ1n) is 11.7. The standard InChI is InChI=1S/C18H26B13Br/c19-5-1(3-9(23)13(27)15(29)14(28)10(3)24)6(20)8(22)2(7(5)21)4-11(25)16(30)18(32)17(31)12(4)26/h19-31H2. The molecule has 0 amide bonds. The molecule has 0 fully saturated rings. The van der Waals surface area contributed by atoms with Crippen molar-refractivity contribution in [2.75, 3.05) is 0 Å². The van der Waals surface area contributed by atoms with Gasteiger partial charge in [0, 0.05) is 4.47 Å². The van der Waals surface area contributed by atoms with Gasteiger partial charge in [0.25, 0.3) is 0 Å². The normalized spacial score (nSPS) is 11.0. The fourth-order valence-corrected chi connectivity index (χ4v) is 6.17. The molecule has 0 aliphatic rings. The molecular weight excluding hydrogens is 437 g/mol. The molecule has 0 saturated carbocycles. The van der Waals surface area contributed by atoms with E-state index in [9.17, 15) is 0 Å². The lowest BCUT2D eigenvalue weighted by atomic mass is 9.55. The van der Waals surface area contributed by atoms with Crippen LogP contribution in [0.5, 0.6) is 0 Å². The van der Waals surface area contributed by atoms with Crippen molar-refractivity contribution >= 4 is 189 Å². The molecule has 0 atom stereocenters. The lowest BCUT2D eigenvalue weighted by Gasteiger charge is -2.29. The maximum atomic E-state index is 3.83. The third-order valence-corrected chi connectivity index (χ3v) is 9.85.